The summed E-state index contributed by atoms with van der Waals surface area (Å²) in [5.74, 6) is -0.401. The number of nitrogens with zero attached hydrogens (tertiary/aromatic N) is 1. The van der Waals surface area contributed by atoms with Crippen molar-refractivity contribution in [2.75, 3.05) is 0 Å². The second-order valence-electron chi connectivity index (χ2n) is 5.70. The molecule has 1 unspecified atom stereocenters. The predicted octanol–water partition coefficient (Wildman–Crippen LogP) is 3.96. The third-order valence-corrected chi connectivity index (χ3v) is 5.79. The van der Waals surface area contributed by atoms with Crippen LogP contribution < -0.4 is 11.1 Å². The van der Waals surface area contributed by atoms with Gasteiger partial charge >= 0.3 is 0 Å². The van der Waals surface area contributed by atoms with Crippen molar-refractivity contribution in [3.63, 3.8) is 0 Å². The molecule has 0 saturated heterocycles. The second kappa shape index (κ2) is 6.95. The highest BCUT2D eigenvalue weighted by Gasteiger charge is 2.17. The number of carbonyl (C=O) groups excluding carboxylic acids is 1. The summed E-state index contributed by atoms with van der Waals surface area (Å²) in [6.45, 7) is 10.2. The number of hydrogen-bond acceptors (Lipinski definition) is 6. The third-order valence-electron chi connectivity index (χ3n) is 2.60. The summed E-state index contributed by atoms with van der Waals surface area (Å²) in [7, 11) is 0. The molecule has 2 rings (SSSR count). The van der Waals surface area contributed by atoms with Crippen LogP contribution in [0.2, 0.25) is 0 Å². The van der Waals surface area contributed by atoms with Crippen molar-refractivity contribution in [1.82, 2.24) is 10.3 Å². The normalized spacial score (nSPS) is 13.0. The summed E-state index contributed by atoms with van der Waals surface area (Å²) in [6.07, 6.45) is 1.88. The number of nitrogens with one attached hydrogen (secondary N) is 1. The maximum absolute atomic E-state index is 11.2. The van der Waals surface area contributed by atoms with E-state index in [1.807, 2.05) is 17.5 Å². The summed E-state index contributed by atoms with van der Waals surface area (Å²) >= 11 is 4.59. The van der Waals surface area contributed by atoms with Gasteiger partial charge in [-0.15, -0.1) is 29.3 Å². The van der Waals surface area contributed by atoms with Gasteiger partial charge in [0.15, 0.2) is 4.34 Å². The SMILES string of the molecule is C=CC(NC(C)(C)C)Sc1nc(-c2ccc(C(N)=O)s2)cs1. The Bertz CT molecular complexity index is 670. The Morgan fingerprint density at radius 3 is 2.77 bits per heavy atom. The summed E-state index contributed by atoms with van der Waals surface area (Å²) in [6, 6.07) is 3.62. The molecule has 0 spiro atoms. The molecule has 2 heterocycles. The molecular formula is C15H19N3OS3. The highest BCUT2D eigenvalue weighted by molar-refractivity contribution is 8.01. The molecule has 7 heteroatoms. The lowest BCUT2D eigenvalue weighted by Crippen LogP contribution is -2.40. The van der Waals surface area contributed by atoms with E-state index in [1.165, 1.54) is 11.3 Å². The second-order valence-corrected chi connectivity index (χ2v) is 9.03. The van der Waals surface area contributed by atoms with Crippen LogP contribution in [0.5, 0.6) is 0 Å². The minimum atomic E-state index is -0.401. The maximum Gasteiger partial charge on any atom is 0.258 e. The molecular weight excluding hydrogens is 334 g/mol. The Balaban J connectivity index is 2.10. The summed E-state index contributed by atoms with van der Waals surface area (Å²) in [5, 5.41) is 5.57. The van der Waals surface area contributed by atoms with Gasteiger partial charge in [0.2, 0.25) is 0 Å². The number of aromatic nitrogens is 1. The van der Waals surface area contributed by atoms with E-state index in [0.29, 0.717) is 4.88 Å². The summed E-state index contributed by atoms with van der Waals surface area (Å²) in [4.78, 5) is 17.3. The minimum Gasteiger partial charge on any atom is -0.365 e. The number of rotatable bonds is 6. The van der Waals surface area contributed by atoms with Gasteiger partial charge in [-0.3, -0.25) is 10.1 Å². The van der Waals surface area contributed by atoms with Crippen LogP contribution in [-0.2, 0) is 0 Å². The van der Waals surface area contributed by atoms with E-state index in [0.717, 1.165) is 14.9 Å². The van der Waals surface area contributed by atoms with E-state index in [9.17, 15) is 4.79 Å². The van der Waals surface area contributed by atoms with Crippen LogP contribution in [0.15, 0.2) is 34.5 Å². The van der Waals surface area contributed by atoms with Gasteiger partial charge in [-0.05, 0) is 32.9 Å². The topological polar surface area (TPSA) is 68.0 Å². The van der Waals surface area contributed by atoms with Gasteiger partial charge in [-0.1, -0.05) is 17.8 Å². The van der Waals surface area contributed by atoms with Crippen LogP contribution >= 0.6 is 34.4 Å². The van der Waals surface area contributed by atoms with Gasteiger partial charge in [0, 0.05) is 10.9 Å². The quantitative estimate of drug-likeness (QED) is 0.468. The Morgan fingerprint density at radius 2 is 2.23 bits per heavy atom. The number of thiazole rings is 1. The molecule has 2 aromatic heterocycles. The zero-order chi connectivity index (χ0) is 16.3. The average molecular weight is 354 g/mol. The highest BCUT2D eigenvalue weighted by Crippen LogP contribution is 2.34. The maximum atomic E-state index is 11.2. The number of hydrogen-bond donors (Lipinski definition) is 2. The van der Waals surface area contributed by atoms with E-state index < -0.39 is 5.91 Å². The van der Waals surface area contributed by atoms with Gasteiger partial charge in [0.05, 0.1) is 20.8 Å². The fourth-order valence-electron chi connectivity index (χ4n) is 1.70. The lowest BCUT2D eigenvalue weighted by Gasteiger charge is -2.25. The molecule has 4 nitrogen and oxygen atoms in total. The van der Waals surface area contributed by atoms with Crippen molar-refractivity contribution in [2.24, 2.45) is 5.73 Å². The lowest BCUT2D eigenvalue weighted by atomic mass is 10.1. The molecule has 0 aromatic carbocycles. The van der Waals surface area contributed by atoms with Crippen LogP contribution in [0.25, 0.3) is 10.6 Å². The molecule has 0 bridgehead atoms. The van der Waals surface area contributed by atoms with Crippen molar-refractivity contribution in [2.45, 2.75) is 36.0 Å². The molecule has 22 heavy (non-hydrogen) atoms. The Labute approximate surface area is 142 Å². The summed E-state index contributed by atoms with van der Waals surface area (Å²) in [5.41, 5.74) is 6.17. The first-order chi connectivity index (χ1) is 10.3. The molecule has 0 aliphatic rings. The molecule has 3 N–H and O–H groups in total. The van der Waals surface area contributed by atoms with E-state index in [4.69, 9.17) is 5.73 Å². The van der Waals surface area contributed by atoms with Gasteiger partial charge in [-0.2, -0.15) is 0 Å². The average Bonchev–Trinajstić information content (AvgIpc) is 3.04. The Hall–Kier alpha value is -1.15. The fourth-order valence-corrected chi connectivity index (χ4v) is 4.70. The number of carbonyl (C=O) groups is 1. The van der Waals surface area contributed by atoms with Crippen molar-refractivity contribution < 1.29 is 4.79 Å². The first-order valence-electron chi connectivity index (χ1n) is 6.71. The van der Waals surface area contributed by atoms with Gasteiger partial charge in [0.25, 0.3) is 5.91 Å². The smallest absolute Gasteiger partial charge is 0.258 e. The first-order valence-corrected chi connectivity index (χ1v) is 9.28. The monoisotopic (exact) mass is 353 g/mol. The van der Waals surface area contributed by atoms with E-state index in [2.05, 4.69) is 37.7 Å². The Morgan fingerprint density at radius 1 is 1.50 bits per heavy atom. The molecule has 1 amide bonds. The van der Waals surface area contributed by atoms with Crippen LogP contribution in [0.4, 0.5) is 0 Å². The largest absolute Gasteiger partial charge is 0.365 e. The van der Waals surface area contributed by atoms with Gasteiger partial charge < -0.3 is 5.73 Å². The zero-order valence-corrected chi connectivity index (χ0v) is 15.2. The zero-order valence-electron chi connectivity index (χ0n) is 12.8. The predicted molar refractivity (Wildman–Crippen MR) is 96.7 cm³/mol. The van der Waals surface area contributed by atoms with Crippen molar-refractivity contribution >= 4 is 40.3 Å². The van der Waals surface area contributed by atoms with E-state index in [1.54, 1.807) is 29.2 Å². The highest BCUT2D eigenvalue weighted by atomic mass is 32.2. The lowest BCUT2D eigenvalue weighted by molar-refractivity contribution is 0.100. The number of amides is 1. The van der Waals surface area contributed by atoms with Crippen LogP contribution in [0.1, 0.15) is 30.4 Å². The van der Waals surface area contributed by atoms with Crippen molar-refractivity contribution in [3.05, 3.63) is 35.0 Å². The molecule has 0 saturated carbocycles. The Kier molecular flexibility index (Phi) is 5.44. The van der Waals surface area contributed by atoms with Crippen LogP contribution in [-0.4, -0.2) is 21.8 Å². The number of thioether (sulfide) groups is 1. The molecule has 2 aromatic rings. The van der Waals surface area contributed by atoms with Crippen molar-refractivity contribution in [3.8, 4) is 10.6 Å². The van der Waals surface area contributed by atoms with Gasteiger partial charge in [0.1, 0.15) is 0 Å². The molecule has 0 radical (unpaired) electrons. The molecule has 0 fully saturated rings. The standard InChI is InChI=1S/C15H19N3OS3/c1-5-12(18-15(2,3)4)22-14-17-9(8-20-14)10-6-7-11(21-10)13(16)19/h5-8,12,18H,1H2,2-4H3,(H2,16,19). The van der Waals surface area contributed by atoms with Crippen LogP contribution in [0.3, 0.4) is 0 Å². The number of thiophene rings is 1. The third kappa shape index (κ3) is 4.67. The van der Waals surface area contributed by atoms with Gasteiger partial charge in [-0.25, -0.2) is 4.98 Å². The van der Waals surface area contributed by atoms with E-state index >= 15 is 0 Å². The van der Waals surface area contributed by atoms with Crippen molar-refractivity contribution in [1.29, 1.82) is 0 Å². The van der Waals surface area contributed by atoms with E-state index in [-0.39, 0.29) is 10.9 Å². The van der Waals surface area contributed by atoms with Crippen LogP contribution in [0, 0.1) is 0 Å². The number of primary amides is 1. The first kappa shape index (κ1) is 17.2. The summed E-state index contributed by atoms with van der Waals surface area (Å²) < 4.78 is 0.964. The minimum absolute atomic E-state index is 0.0100. The fraction of sp³-hybridized carbons (Fsp3) is 0.333. The molecule has 118 valence electrons. The molecule has 1 atom stereocenters. The number of nitrogens with two attached hydrogens (primary N) is 1. The molecule has 0 aliphatic carbocycles. The molecule has 0 aliphatic heterocycles.